The summed E-state index contributed by atoms with van der Waals surface area (Å²) in [6, 6.07) is 3.29. The van der Waals surface area contributed by atoms with Gasteiger partial charge >= 0.3 is 6.18 Å². The molecule has 1 aromatic rings. The van der Waals surface area contributed by atoms with Crippen molar-refractivity contribution in [2.24, 2.45) is 5.92 Å². The number of piperidine rings is 1. The lowest BCUT2D eigenvalue weighted by molar-refractivity contribution is -0.183. The van der Waals surface area contributed by atoms with Crippen LogP contribution in [-0.4, -0.2) is 41.6 Å². The van der Waals surface area contributed by atoms with E-state index < -0.39 is 12.1 Å². The number of pyridine rings is 1. The van der Waals surface area contributed by atoms with Gasteiger partial charge in [0, 0.05) is 25.8 Å². The molecule has 116 valence electrons. The van der Waals surface area contributed by atoms with Gasteiger partial charge in [0.2, 0.25) is 0 Å². The van der Waals surface area contributed by atoms with Gasteiger partial charge in [-0.05, 0) is 31.9 Å². The molecule has 0 bridgehead atoms. The second-order valence-corrected chi connectivity index (χ2v) is 5.04. The van der Waals surface area contributed by atoms with E-state index in [1.165, 1.54) is 4.90 Å². The molecule has 0 saturated carbocycles. The highest BCUT2D eigenvalue weighted by molar-refractivity contribution is 5.98. The van der Waals surface area contributed by atoms with Crippen LogP contribution < -0.4 is 5.32 Å². The van der Waals surface area contributed by atoms with Crippen LogP contribution in [0.15, 0.2) is 18.3 Å². The lowest BCUT2D eigenvalue weighted by Gasteiger charge is -2.33. The lowest BCUT2D eigenvalue weighted by Crippen LogP contribution is -2.42. The minimum Gasteiger partial charge on any atom is -0.370 e. The molecule has 1 N–H and O–H groups in total. The number of nitrogens with one attached hydrogen (secondary N) is 1. The lowest BCUT2D eigenvalue weighted by atomic mass is 9.96. The van der Waals surface area contributed by atoms with Gasteiger partial charge in [0.1, 0.15) is 5.82 Å². The Balaban J connectivity index is 2.06. The maximum atomic E-state index is 12.6. The molecule has 2 rings (SSSR count). The largest absolute Gasteiger partial charge is 0.391 e. The first kappa shape index (κ1) is 15.6. The van der Waals surface area contributed by atoms with Crippen LogP contribution in [0.4, 0.5) is 19.0 Å². The van der Waals surface area contributed by atoms with Crippen molar-refractivity contribution in [3.05, 3.63) is 23.9 Å². The van der Waals surface area contributed by atoms with E-state index in [0.717, 1.165) is 0 Å². The fourth-order valence-corrected chi connectivity index (χ4v) is 2.47. The third-order valence-corrected chi connectivity index (χ3v) is 3.63. The predicted octanol–water partition coefficient (Wildman–Crippen LogP) is 2.93. The van der Waals surface area contributed by atoms with E-state index in [2.05, 4.69) is 10.3 Å². The molecule has 0 aliphatic carbocycles. The van der Waals surface area contributed by atoms with Crippen molar-refractivity contribution in [2.45, 2.75) is 25.9 Å². The summed E-state index contributed by atoms with van der Waals surface area (Å²) in [6.45, 7) is 2.76. The van der Waals surface area contributed by atoms with E-state index in [-0.39, 0.29) is 31.8 Å². The van der Waals surface area contributed by atoms with E-state index >= 15 is 0 Å². The highest BCUT2D eigenvalue weighted by Crippen LogP contribution is 2.34. The van der Waals surface area contributed by atoms with Gasteiger partial charge in [-0.2, -0.15) is 13.2 Å². The van der Waals surface area contributed by atoms with E-state index in [4.69, 9.17) is 0 Å². The Labute approximate surface area is 121 Å². The number of amides is 1. The monoisotopic (exact) mass is 301 g/mol. The van der Waals surface area contributed by atoms with Crippen LogP contribution in [0, 0.1) is 5.92 Å². The first-order valence-electron chi connectivity index (χ1n) is 6.98. The molecule has 1 saturated heterocycles. The molecule has 4 nitrogen and oxygen atoms in total. The molecule has 0 atom stereocenters. The predicted molar refractivity (Wildman–Crippen MR) is 73.1 cm³/mol. The Hall–Kier alpha value is -1.79. The number of carbonyl (C=O) groups is 1. The Bertz CT molecular complexity index is 496. The summed E-state index contributed by atoms with van der Waals surface area (Å²) in [5, 5.41) is 2.99. The highest BCUT2D eigenvalue weighted by Gasteiger charge is 2.41. The second-order valence-electron chi connectivity index (χ2n) is 5.04. The summed E-state index contributed by atoms with van der Waals surface area (Å²) in [6.07, 6.45) is -2.67. The molecule has 1 amide bonds. The van der Waals surface area contributed by atoms with Crippen LogP contribution in [0.3, 0.4) is 0 Å². The number of likely N-dealkylation sites (tertiary alicyclic amines) is 1. The number of hydrogen-bond donors (Lipinski definition) is 1. The molecule has 2 heterocycles. The summed E-state index contributed by atoms with van der Waals surface area (Å²) in [5.41, 5.74) is 0.407. The Morgan fingerprint density at radius 2 is 2.10 bits per heavy atom. The fraction of sp³-hybridized carbons (Fsp3) is 0.571. The second kappa shape index (κ2) is 6.32. The van der Waals surface area contributed by atoms with Gasteiger partial charge in [-0.25, -0.2) is 4.98 Å². The molecule has 0 aromatic carbocycles. The zero-order valence-corrected chi connectivity index (χ0v) is 11.8. The number of rotatable bonds is 3. The number of halogens is 3. The van der Waals surface area contributed by atoms with Crippen molar-refractivity contribution in [3.8, 4) is 0 Å². The summed E-state index contributed by atoms with van der Waals surface area (Å²) in [7, 11) is 0. The van der Waals surface area contributed by atoms with Crippen molar-refractivity contribution in [3.63, 3.8) is 0 Å². The first-order chi connectivity index (χ1) is 9.93. The van der Waals surface area contributed by atoms with Crippen molar-refractivity contribution in [1.82, 2.24) is 9.88 Å². The van der Waals surface area contributed by atoms with Crippen LogP contribution in [-0.2, 0) is 0 Å². The molecule has 0 radical (unpaired) electrons. The molecule has 0 spiro atoms. The molecule has 21 heavy (non-hydrogen) atoms. The van der Waals surface area contributed by atoms with Crippen LogP contribution >= 0.6 is 0 Å². The van der Waals surface area contributed by atoms with Crippen molar-refractivity contribution >= 4 is 11.7 Å². The van der Waals surface area contributed by atoms with Gasteiger partial charge in [-0.1, -0.05) is 0 Å². The first-order valence-corrected chi connectivity index (χ1v) is 6.98. The number of aromatic nitrogens is 1. The topological polar surface area (TPSA) is 45.2 Å². The van der Waals surface area contributed by atoms with E-state index in [1.54, 1.807) is 18.3 Å². The van der Waals surface area contributed by atoms with E-state index in [0.29, 0.717) is 17.9 Å². The van der Waals surface area contributed by atoms with Gasteiger partial charge in [-0.15, -0.1) is 0 Å². The average molecular weight is 301 g/mol. The number of anilines is 1. The quantitative estimate of drug-likeness (QED) is 0.933. The molecule has 7 heteroatoms. The van der Waals surface area contributed by atoms with Crippen molar-refractivity contribution in [2.75, 3.05) is 25.0 Å². The number of carbonyl (C=O) groups excluding carboxylic acids is 1. The third kappa shape index (κ3) is 3.65. The SMILES string of the molecule is CCNc1ncccc1C(=O)N1CCC(C(F)(F)F)CC1. The van der Waals surface area contributed by atoms with Gasteiger partial charge in [0.25, 0.3) is 5.91 Å². The fourth-order valence-electron chi connectivity index (χ4n) is 2.47. The van der Waals surface area contributed by atoms with Crippen LogP contribution in [0.1, 0.15) is 30.1 Å². The standard InChI is InChI=1S/C14H18F3N3O/c1-2-18-12-11(4-3-7-19-12)13(21)20-8-5-10(6-9-20)14(15,16)17/h3-4,7,10H,2,5-6,8-9H2,1H3,(H,18,19). The molecule has 0 unspecified atom stereocenters. The Morgan fingerprint density at radius 3 is 2.67 bits per heavy atom. The minimum atomic E-state index is -4.17. The summed E-state index contributed by atoms with van der Waals surface area (Å²) < 4.78 is 37.9. The molecule has 1 aromatic heterocycles. The zero-order chi connectivity index (χ0) is 15.5. The Kier molecular flexibility index (Phi) is 4.69. The third-order valence-electron chi connectivity index (χ3n) is 3.63. The van der Waals surface area contributed by atoms with Gasteiger partial charge in [0.15, 0.2) is 0 Å². The van der Waals surface area contributed by atoms with Crippen LogP contribution in [0.5, 0.6) is 0 Å². The maximum Gasteiger partial charge on any atom is 0.391 e. The number of hydrogen-bond acceptors (Lipinski definition) is 3. The highest BCUT2D eigenvalue weighted by atomic mass is 19.4. The van der Waals surface area contributed by atoms with Crippen LogP contribution in [0.2, 0.25) is 0 Å². The van der Waals surface area contributed by atoms with E-state index in [9.17, 15) is 18.0 Å². The van der Waals surface area contributed by atoms with Crippen molar-refractivity contribution < 1.29 is 18.0 Å². The molecular weight excluding hydrogens is 283 g/mol. The van der Waals surface area contributed by atoms with Crippen LogP contribution in [0.25, 0.3) is 0 Å². The maximum absolute atomic E-state index is 12.6. The number of alkyl halides is 3. The van der Waals surface area contributed by atoms with Gasteiger partial charge in [0.05, 0.1) is 11.5 Å². The molecule has 1 fully saturated rings. The van der Waals surface area contributed by atoms with Crippen molar-refractivity contribution in [1.29, 1.82) is 0 Å². The molecule has 1 aliphatic heterocycles. The summed E-state index contributed by atoms with van der Waals surface area (Å²) >= 11 is 0. The molecular formula is C14H18F3N3O. The summed E-state index contributed by atoms with van der Waals surface area (Å²) in [5.74, 6) is -1.09. The van der Waals surface area contributed by atoms with E-state index in [1.807, 2.05) is 6.92 Å². The summed E-state index contributed by atoms with van der Waals surface area (Å²) in [4.78, 5) is 18.0. The molecule has 1 aliphatic rings. The van der Waals surface area contributed by atoms with Gasteiger partial charge < -0.3 is 10.2 Å². The number of nitrogens with zero attached hydrogens (tertiary/aromatic N) is 2. The minimum absolute atomic E-state index is 0.0357. The normalized spacial score (nSPS) is 16.9. The Morgan fingerprint density at radius 1 is 1.43 bits per heavy atom. The zero-order valence-electron chi connectivity index (χ0n) is 11.8. The smallest absolute Gasteiger partial charge is 0.370 e. The van der Waals surface area contributed by atoms with Gasteiger partial charge in [-0.3, -0.25) is 4.79 Å². The average Bonchev–Trinajstić information content (AvgIpc) is 2.47.